The van der Waals surface area contributed by atoms with E-state index in [-0.39, 0.29) is 11.9 Å². The van der Waals surface area contributed by atoms with Crippen LogP contribution in [0.15, 0.2) is 16.6 Å². The minimum Gasteiger partial charge on any atom is -0.323 e. The Balaban J connectivity index is 2.11. The van der Waals surface area contributed by atoms with Gasteiger partial charge in [0.2, 0.25) is 5.91 Å². The normalized spacial score (nSPS) is 19.6. The molecule has 2 rings (SSSR count). The number of carbonyl (C=O) groups is 1. The van der Waals surface area contributed by atoms with Gasteiger partial charge in [-0.2, -0.15) is 11.8 Å². The zero-order valence-corrected chi connectivity index (χ0v) is 13.0. The number of rotatable bonds is 2. The fourth-order valence-corrected chi connectivity index (χ4v) is 3.72. The van der Waals surface area contributed by atoms with E-state index in [0.29, 0.717) is 0 Å². The molecule has 0 bridgehead atoms. The minimum absolute atomic E-state index is 0.0508. The van der Waals surface area contributed by atoms with Crippen molar-refractivity contribution in [2.24, 2.45) is 0 Å². The topological polar surface area (TPSA) is 41.1 Å². The highest BCUT2D eigenvalue weighted by Crippen LogP contribution is 2.28. The van der Waals surface area contributed by atoms with Gasteiger partial charge in [0, 0.05) is 22.5 Å². The molecule has 2 N–H and O–H groups in total. The second kappa shape index (κ2) is 6.08. The van der Waals surface area contributed by atoms with Crippen LogP contribution in [0.5, 0.6) is 0 Å². The number of hydrogen-bond donors (Lipinski definition) is 2. The molecule has 1 aliphatic rings. The summed E-state index contributed by atoms with van der Waals surface area (Å²) in [6.45, 7) is 4.95. The Morgan fingerprint density at radius 3 is 2.89 bits per heavy atom. The molecule has 1 saturated heterocycles. The fraction of sp³-hybridized carbons (Fsp3) is 0.462. The van der Waals surface area contributed by atoms with Crippen LogP contribution in [0.3, 0.4) is 0 Å². The summed E-state index contributed by atoms with van der Waals surface area (Å²) in [5.74, 6) is 1.97. The Hall–Kier alpha value is -0.520. The summed E-state index contributed by atoms with van der Waals surface area (Å²) in [6, 6.07) is 4.01. The molecule has 1 aromatic carbocycles. The third-order valence-electron chi connectivity index (χ3n) is 2.92. The molecule has 1 atom stereocenters. The Kier molecular flexibility index (Phi) is 4.70. The van der Waals surface area contributed by atoms with E-state index in [1.165, 1.54) is 5.56 Å². The highest BCUT2D eigenvalue weighted by molar-refractivity contribution is 9.10. The number of thioether (sulfide) groups is 1. The molecule has 1 fully saturated rings. The van der Waals surface area contributed by atoms with Crippen molar-refractivity contribution in [3.05, 3.63) is 27.7 Å². The first-order chi connectivity index (χ1) is 8.58. The van der Waals surface area contributed by atoms with Crippen molar-refractivity contribution in [1.29, 1.82) is 0 Å². The first-order valence-electron chi connectivity index (χ1n) is 5.96. The Bertz CT molecular complexity index is 435. The molecule has 0 saturated carbocycles. The molecule has 0 aliphatic carbocycles. The quantitative estimate of drug-likeness (QED) is 0.877. The molecule has 1 amide bonds. The van der Waals surface area contributed by atoms with Crippen molar-refractivity contribution in [3.8, 4) is 0 Å². The summed E-state index contributed by atoms with van der Waals surface area (Å²) >= 11 is 5.33. The third kappa shape index (κ3) is 3.28. The van der Waals surface area contributed by atoms with E-state index < -0.39 is 0 Å². The number of amides is 1. The average Bonchev–Trinajstić information content (AvgIpc) is 2.34. The van der Waals surface area contributed by atoms with E-state index in [0.717, 1.165) is 33.8 Å². The van der Waals surface area contributed by atoms with Gasteiger partial charge >= 0.3 is 0 Å². The standard InChI is InChI=1S/C13H17BrN2OS/c1-8-5-9(2)12(10(14)6-8)16-13(17)11-7-18-4-3-15-11/h5-6,11,15H,3-4,7H2,1-2H3,(H,16,17). The monoisotopic (exact) mass is 328 g/mol. The van der Waals surface area contributed by atoms with Crippen LogP contribution in [0.25, 0.3) is 0 Å². The van der Waals surface area contributed by atoms with Gasteiger partial charge in [0.25, 0.3) is 0 Å². The number of nitrogens with one attached hydrogen (secondary N) is 2. The zero-order chi connectivity index (χ0) is 13.1. The first-order valence-corrected chi connectivity index (χ1v) is 7.91. The highest BCUT2D eigenvalue weighted by atomic mass is 79.9. The molecule has 3 nitrogen and oxygen atoms in total. The summed E-state index contributed by atoms with van der Waals surface area (Å²) in [7, 11) is 0. The number of benzene rings is 1. The SMILES string of the molecule is Cc1cc(C)c(NC(=O)C2CSCCN2)c(Br)c1. The van der Waals surface area contributed by atoms with Crippen LogP contribution >= 0.6 is 27.7 Å². The number of anilines is 1. The van der Waals surface area contributed by atoms with Gasteiger partial charge in [-0.1, -0.05) is 6.07 Å². The molecule has 1 unspecified atom stereocenters. The van der Waals surface area contributed by atoms with Gasteiger partial charge in [-0.25, -0.2) is 0 Å². The number of halogens is 1. The second-order valence-corrected chi connectivity index (χ2v) is 6.51. The van der Waals surface area contributed by atoms with E-state index >= 15 is 0 Å². The van der Waals surface area contributed by atoms with Crippen LogP contribution in [0.1, 0.15) is 11.1 Å². The molecule has 1 aliphatic heterocycles. The summed E-state index contributed by atoms with van der Waals surface area (Å²) in [5, 5.41) is 6.26. The van der Waals surface area contributed by atoms with Crippen molar-refractivity contribution in [3.63, 3.8) is 0 Å². The van der Waals surface area contributed by atoms with Crippen LogP contribution in [0.4, 0.5) is 5.69 Å². The van der Waals surface area contributed by atoms with Crippen molar-refractivity contribution < 1.29 is 4.79 Å². The van der Waals surface area contributed by atoms with Crippen LogP contribution in [-0.2, 0) is 4.79 Å². The number of aryl methyl sites for hydroxylation is 2. The lowest BCUT2D eigenvalue weighted by atomic mass is 10.1. The Morgan fingerprint density at radius 1 is 1.50 bits per heavy atom. The van der Waals surface area contributed by atoms with Gasteiger partial charge in [-0.3, -0.25) is 4.79 Å². The molecule has 1 aromatic rings. The van der Waals surface area contributed by atoms with Crippen molar-refractivity contribution in [2.75, 3.05) is 23.4 Å². The smallest absolute Gasteiger partial charge is 0.242 e. The van der Waals surface area contributed by atoms with Crippen LogP contribution in [0.2, 0.25) is 0 Å². The largest absolute Gasteiger partial charge is 0.323 e. The average molecular weight is 329 g/mol. The minimum atomic E-state index is -0.0867. The van der Waals surface area contributed by atoms with Gasteiger partial charge < -0.3 is 10.6 Å². The van der Waals surface area contributed by atoms with Gasteiger partial charge in [0.05, 0.1) is 11.7 Å². The van der Waals surface area contributed by atoms with Crippen molar-refractivity contribution in [2.45, 2.75) is 19.9 Å². The van der Waals surface area contributed by atoms with Crippen molar-refractivity contribution >= 4 is 39.3 Å². The molecular formula is C13H17BrN2OS. The molecule has 98 valence electrons. The Labute approximate surface area is 120 Å². The first kappa shape index (κ1) is 13.9. The molecule has 0 aromatic heterocycles. The Morgan fingerprint density at radius 2 is 2.28 bits per heavy atom. The van der Waals surface area contributed by atoms with Gasteiger partial charge in [-0.05, 0) is 47.0 Å². The fourth-order valence-electron chi connectivity index (χ4n) is 2.02. The van der Waals surface area contributed by atoms with E-state index in [9.17, 15) is 4.79 Å². The van der Waals surface area contributed by atoms with Crippen LogP contribution in [0, 0.1) is 13.8 Å². The van der Waals surface area contributed by atoms with E-state index in [2.05, 4.69) is 32.6 Å². The van der Waals surface area contributed by atoms with Crippen LogP contribution in [-0.4, -0.2) is 30.0 Å². The molecule has 0 spiro atoms. The lowest BCUT2D eigenvalue weighted by molar-refractivity contribution is -0.117. The third-order valence-corrected chi connectivity index (χ3v) is 4.61. The predicted octanol–water partition coefficient (Wildman–Crippen LogP) is 2.71. The van der Waals surface area contributed by atoms with Gasteiger partial charge in [0.15, 0.2) is 0 Å². The summed E-state index contributed by atoms with van der Waals surface area (Å²) < 4.78 is 0.941. The summed E-state index contributed by atoms with van der Waals surface area (Å²) in [4.78, 5) is 12.1. The molecule has 18 heavy (non-hydrogen) atoms. The van der Waals surface area contributed by atoms with E-state index in [1.807, 2.05) is 31.7 Å². The number of carbonyl (C=O) groups excluding carboxylic acids is 1. The molecular weight excluding hydrogens is 312 g/mol. The molecule has 5 heteroatoms. The predicted molar refractivity (Wildman–Crippen MR) is 81.4 cm³/mol. The lowest BCUT2D eigenvalue weighted by Gasteiger charge is -2.23. The highest BCUT2D eigenvalue weighted by Gasteiger charge is 2.21. The van der Waals surface area contributed by atoms with E-state index in [1.54, 1.807) is 0 Å². The lowest BCUT2D eigenvalue weighted by Crippen LogP contribution is -2.46. The maximum atomic E-state index is 12.1. The molecule has 1 heterocycles. The van der Waals surface area contributed by atoms with Crippen LogP contribution < -0.4 is 10.6 Å². The summed E-state index contributed by atoms with van der Waals surface area (Å²) in [6.07, 6.45) is 0. The van der Waals surface area contributed by atoms with Gasteiger partial charge in [0.1, 0.15) is 0 Å². The van der Waals surface area contributed by atoms with E-state index in [4.69, 9.17) is 0 Å². The maximum Gasteiger partial charge on any atom is 0.242 e. The molecule has 0 radical (unpaired) electrons. The number of hydrogen-bond acceptors (Lipinski definition) is 3. The second-order valence-electron chi connectivity index (χ2n) is 4.51. The zero-order valence-electron chi connectivity index (χ0n) is 10.5. The van der Waals surface area contributed by atoms with Crippen molar-refractivity contribution in [1.82, 2.24) is 5.32 Å². The summed E-state index contributed by atoms with van der Waals surface area (Å²) in [5.41, 5.74) is 3.14. The van der Waals surface area contributed by atoms with Gasteiger partial charge in [-0.15, -0.1) is 0 Å². The maximum absolute atomic E-state index is 12.1.